The normalized spacial score (nSPS) is 11.5. The van der Waals surface area contributed by atoms with Crippen molar-refractivity contribution in [1.29, 1.82) is 0 Å². The minimum atomic E-state index is -1.09. The van der Waals surface area contributed by atoms with Gasteiger partial charge in [0.05, 0.1) is 26.7 Å². The van der Waals surface area contributed by atoms with Crippen LogP contribution in [-0.4, -0.2) is 43.0 Å². The molecule has 0 atom stereocenters. The number of non-ortho nitro benzene ring substituents is 2. The monoisotopic (exact) mass is 468 g/mol. The second-order valence-electron chi connectivity index (χ2n) is 6.88. The molecule has 1 heterocycles. The Balaban J connectivity index is 0.000000181. The first-order valence-electron chi connectivity index (χ1n) is 9.79. The third-order valence-corrected chi connectivity index (χ3v) is 4.26. The fraction of sp³-hybridized carbons (Fsp3) is 0.136. The molecular weight excluding hydrogens is 448 g/mol. The Labute approximate surface area is 192 Å². The van der Waals surface area contributed by atoms with Gasteiger partial charge in [-0.25, -0.2) is 9.59 Å². The molecule has 2 aromatic carbocycles. The van der Waals surface area contributed by atoms with Crippen molar-refractivity contribution in [1.82, 2.24) is 4.98 Å². The number of nitro groups is 2. The third-order valence-electron chi connectivity index (χ3n) is 4.26. The predicted molar refractivity (Wildman–Crippen MR) is 121 cm³/mol. The Morgan fingerprint density at radius 1 is 0.824 bits per heavy atom. The molecule has 0 aliphatic heterocycles. The molecule has 1 aliphatic carbocycles. The molecule has 12 heteroatoms. The summed E-state index contributed by atoms with van der Waals surface area (Å²) in [5, 5.41) is 40.5. The largest absolute Gasteiger partial charge is 0.478 e. The molecule has 176 valence electrons. The highest BCUT2D eigenvalue weighted by atomic mass is 16.6. The van der Waals surface area contributed by atoms with Crippen LogP contribution in [0.25, 0.3) is 0 Å². The van der Waals surface area contributed by atoms with Crippen molar-refractivity contribution in [3.63, 3.8) is 0 Å². The van der Waals surface area contributed by atoms with E-state index in [1.165, 1.54) is 37.1 Å². The molecule has 1 aliphatic rings. The summed E-state index contributed by atoms with van der Waals surface area (Å²) in [7, 11) is 0. The number of hydrogen-bond donors (Lipinski definition) is 3. The maximum Gasteiger partial charge on any atom is 0.335 e. The number of nitrogens with zero attached hydrogens (tertiary/aromatic N) is 3. The average Bonchev–Trinajstić information content (AvgIpc) is 3.64. The number of anilines is 1. The summed E-state index contributed by atoms with van der Waals surface area (Å²) in [6, 6.07) is 14.1. The van der Waals surface area contributed by atoms with E-state index in [-0.39, 0.29) is 22.5 Å². The van der Waals surface area contributed by atoms with Gasteiger partial charge in [0.1, 0.15) is 0 Å². The van der Waals surface area contributed by atoms with Crippen LogP contribution in [0.3, 0.4) is 0 Å². The quantitative estimate of drug-likeness (QED) is 0.349. The first-order chi connectivity index (χ1) is 16.2. The lowest BCUT2D eigenvalue weighted by atomic mass is 10.2. The molecule has 0 amide bonds. The second kappa shape index (κ2) is 12.2. The van der Waals surface area contributed by atoms with Crippen molar-refractivity contribution in [3.05, 3.63) is 104 Å². The Hall–Kier alpha value is -4.87. The highest BCUT2D eigenvalue weighted by Crippen LogP contribution is 2.23. The number of carboxylic acids is 2. The lowest BCUT2D eigenvalue weighted by Crippen LogP contribution is -2.00. The molecule has 3 N–H and O–H groups in total. The van der Waals surface area contributed by atoms with Gasteiger partial charge in [-0.15, -0.1) is 0 Å². The van der Waals surface area contributed by atoms with Crippen LogP contribution in [0.2, 0.25) is 0 Å². The van der Waals surface area contributed by atoms with Crippen molar-refractivity contribution >= 4 is 29.0 Å². The van der Waals surface area contributed by atoms with Crippen molar-refractivity contribution in [2.45, 2.75) is 18.9 Å². The van der Waals surface area contributed by atoms with Crippen LogP contribution in [-0.2, 0) is 0 Å². The van der Waals surface area contributed by atoms with Crippen LogP contribution >= 0.6 is 0 Å². The van der Waals surface area contributed by atoms with Gasteiger partial charge < -0.3 is 15.5 Å². The molecule has 4 rings (SSSR count). The molecule has 3 aromatic rings. The van der Waals surface area contributed by atoms with Crippen LogP contribution in [0.4, 0.5) is 17.1 Å². The van der Waals surface area contributed by atoms with Crippen molar-refractivity contribution in [2.75, 3.05) is 5.32 Å². The number of aromatic carboxylic acids is 2. The van der Waals surface area contributed by atoms with E-state index in [4.69, 9.17) is 10.2 Å². The van der Waals surface area contributed by atoms with Gasteiger partial charge in [-0.1, -0.05) is 0 Å². The second-order valence-corrected chi connectivity index (χ2v) is 6.88. The highest BCUT2D eigenvalue weighted by Gasteiger charge is 2.20. The summed E-state index contributed by atoms with van der Waals surface area (Å²) in [4.78, 5) is 43.8. The summed E-state index contributed by atoms with van der Waals surface area (Å²) in [6.07, 6.45) is 6.28. The van der Waals surface area contributed by atoms with E-state index in [0.717, 1.165) is 36.0 Å². The number of hydrogen-bond acceptors (Lipinski definition) is 8. The summed E-state index contributed by atoms with van der Waals surface area (Å²) in [5.41, 5.74) is 1.01. The molecule has 1 aromatic heterocycles. The van der Waals surface area contributed by atoms with Gasteiger partial charge in [0.15, 0.2) is 0 Å². The Kier molecular flexibility index (Phi) is 9.14. The molecule has 0 unspecified atom stereocenters. The zero-order valence-corrected chi connectivity index (χ0v) is 17.6. The average molecular weight is 468 g/mol. The smallest absolute Gasteiger partial charge is 0.335 e. The number of nitro benzene ring substituents is 2. The Morgan fingerprint density at radius 3 is 1.56 bits per heavy atom. The summed E-state index contributed by atoms with van der Waals surface area (Å²) in [5.74, 6) is -2.19. The third kappa shape index (κ3) is 8.70. The number of pyridine rings is 1. The number of benzene rings is 2. The van der Waals surface area contributed by atoms with Gasteiger partial charge >= 0.3 is 11.9 Å². The molecule has 34 heavy (non-hydrogen) atoms. The van der Waals surface area contributed by atoms with E-state index in [0.29, 0.717) is 0 Å². The SMILES string of the molecule is O=C(O)c1ccc([N+](=O)[O-])cc1.O=C(O)c1ccc([N+](=O)[O-])cc1.c1cncc(NC2CC2)c1. The van der Waals surface area contributed by atoms with Gasteiger partial charge in [0.25, 0.3) is 11.4 Å². The van der Waals surface area contributed by atoms with E-state index in [2.05, 4.69) is 10.3 Å². The zero-order chi connectivity index (χ0) is 25.1. The first kappa shape index (κ1) is 25.4. The fourth-order valence-corrected chi connectivity index (χ4v) is 2.36. The topological polar surface area (TPSA) is 186 Å². The van der Waals surface area contributed by atoms with Crippen molar-refractivity contribution in [3.8, 4) is 0 Å². The number of carbonyl (C=O) groups is 2. The van der Waals surface area contributed by atoms with E-state index in [9.17, 15) is 29.8 Å². The van der Waals surface area contributed by atoms with Crippen LogP contribution in [0, 0.1) is 20.2 Å². The number of rotatable bonds is 6. The lowest BCUT2D eigenvalue weighted by Gasteiger charge is -2.00. The first-order valence-corrected chi connectivity index (χ1v) is 9.79. The van der Waals surface area contributed by atoms with E-state index >= 15 is 0 Å². The highest BCUT2D eigenvalue weighted by molar-refractivity contribution is 5.88. The van der Waals surface area contributed by atoms with Gasteiger partial charge in [0, 0.05) is 42.7 Å². The minimum Gasteiger partial charge on any atom is -0.478 e. The number of aromatic nitrogens is 1. The molecule has 0 saturated heterocycles. The Morgan fingerprint density at radius 2 is 1.26 bits per heavy atom. The molecule has 0 spiro atoms. The van der Waals surface area contributed by atoms with Crippen molar-refractivity contribution in [2.24, 2.45) is 0 Å². The van der Waals surface area contributed by atoms with Crippen LogP contribution < -0.4 is 5.32 Å². The summed E-state index contributed by atoms with van der Waals surface area (Å²) >= 11 is 0. The molecule has 12 nitrogen and oxygen atoms in total. The predicted octanol–water partition coefficient (Wildman–Crippen LogP) is 4.24. The summed E-state index contributed by atoms with van der Waals surface area (Å²) < 4.78 is 0. The van der Waals surface area contributed by atoms with Gasteiger partial charge in [-0.3, -0.25) is 25.2 Å². The van der Waals surface area contributed by atoms with E-state index in [1.54, 1.807) is 6.20 Å². The van der Waals surface area contributed by atoms with Gasteiger partial charge in [-0.2, -0.15) is 0 Å². The number of carboxylic acid groups (broad SMARTS) is 2. The van der Waals surface area contributed by atoms with E-state index in [1.807, 2.05) is 18.3 Å². The minimum absolute atomic E-state index is 0.0422. The molecule has 1 fully saturated rings. The maximum absolute atomic E-state index is 10.3. The zero-order valence-electron chi connectivity index (χ0n) is 17.6. The number of nitrogens with one attached hydrogen (secondary N) is 1. The Bertz CT molecular complexity index is 998. The van der Waals surface area contributed by atoms with Crippen LogP contribution in [0.15, 0.2) is 73.1 Å². The molecule has 0 bridgehead atoms. The van der Waals surface area contributed by atoms with Gasteiger partial charge in [0.2, 0.25) is 0 Å². The maximum atomic E-state index is 10.3. The van der Waals surface area contributed by atoms with Crippen LogP contribution in [0.5, 0.6) is 0 Å². The lowest BCUT2D eigenvalue weighted by molar-refractivity contribution is -0.385. The van der Waals surface area contributed by atoms with E-state index < -0.39 is 21.8 Å². The van der Waals surface area contributed by atoms with Gasteiger partial charge in [-0.05, 0) is 49.2 Å². The molecule has 1 saturated carbocycles. The summed E-state index contributed by atoms with van der Waals surface area (Å²) in [6.45, 7) is 0. The molecular formula is C22H20N4O8. The van der Waals surface area contributed by atoms with Crippen molar-refractivity contribution < 1.29 is 29.6 Å². The molecule has 0 radical (unpaired) electrons. The standard InChI is InChI=1S/C8H10N2.2C7H5NO4/c1-2-8(6-9-5-1)10-7-3-4-7;2*9-7(10)5-1-3-6(4-2-5)8(11)12/h1-2,5-7,10H,3-4H2;2*1-4H,(H,9,10). The fourth-order valence-electron chi connectivity index (χ4n) is 2.36. The van der Waals surface area contributed by atoms with Crippen LogP contribution in [0.1, 0.15) is 33.6 Å².